The molecule has 0 spiro atoms. The fourth-order valence-electron chi connectivity index (χ4n) is 2.38. The Kier molecular flexibility index (Phi) is 3.19. The molecule has 1 aromatic rings. The van der Waals surface area contributed by atoms with Gasteiger partial charge < -0.3 is 14.3 Å². The fourth-order valence-corrected chi connectivity index (χ4v) is 2.38. The van der Waals surface area contributed by atoms with E-state index in [0.29, 0.717) is 11.6 Å². The Morgan fingerprint density at radius 3 is 2.71 bits per heavy atom. The van der Waals surface area contributed by atoms with Crippen LogP contribution >= 0.6 is 0 Å². The third kappa shape index (κ3) is 2.20. The van der Waals surface area contributed by atoms with E-state index in [9.17, 15) is 4.79 Å². The van der Waals surface area contributed by atoms with Crippen molar-refractivity contribution in [2.75, 3.05) is 7.11 Å². The number of hydrogen-bond donors (Lipinski definition) is 1. The van der Waals surface area contributed by atoms with Gasteiger partial charge in [-0.25, -0.2) is 9.78 Å². The molecule has 0 atom stereocenters. The van der Waals surface area contributed by atoms with Crippen LogP contribution in [0.25, 0.3) is 0 Å². The molecule has 1 aliphatic carbocycles. The lowest BCUT2D eigenvalue weighted by molar-refractivity contribution is 0.0651. The number of rotatable bonds is 4. The van der Waals surface area contributed by atoms with E-state index in [1.54, 1.807) is 0 Å². The highest BCUT2D eigenvalue weighted by molar-refractivity contribution is 5.85. The van der Waals surface area contributed by atoms with Crippen LogP contribution in [0.4, 0.5) is 0 Å². The molecule has 0 radical (unpaired) electrons. The summed E-state index contributed by atoms with van der Waals surface area (Å²) in [4.78, 5) is 15.3. The van der Waals surface area contributed by atoms with Crippen LogP contribution in [0.15, 0.2) is 4.42 Å². The molecule has 0 amide bonds. The van der Waals surface area contributed by atoms with E-state index < -0.39 is 5.97 Å². The van der Waals surface area contributed by atoms with Gasteiger partial charge in [0, 0.05) is 12.5 Å². The van der Waals surface area contributed by atoms with Crippen molar-refractivity contribution in [1.29, 1.82) is 0 Å². The Morgan fingerprint density at radius 2 is 2.18 bits per heavy atom. The molecule has 17 heavy (non-hydrogen) atoms. The maximum Gasteiger partial charge on any atom is 0.373 e. The van der Waals surface area contributed by atoms with Gasteiger partial charge in [-0.2, -0.15) is 0 Å². The molecule has 0 bridgehead atoms. The molecule has 1 heterocycles. The number of aromatic carboxylic acids is 1. The first-order valence-electron chi connectivity index (χ1n) is 5.79. The fraction of sp³-hybridized carbons (Fsp3) is 0.667. The molecule has 5 nitrogen and oxygen atoms in total. The van der Waals surface area contributed by atoms with Crippen molar-refractivity contribution in [2.24, 2.45) is 0 Å². The summed E-state index contributed by atoms with van der Waals surface area (Å²) in [5.41, 5.74) is 0.263. The van der Waals surface area contributed by atoms with Gasteiger partial charge in [-0.15, -0.1) is 0 Å². The minimum atomic E-state index is -1.09. The summed E-state index contributed by atoms with van der Waals surface area (Å²) >= 11 is 0. The number of carbonyl (C=O) groups is 1. The summed E-state index contributed by atoms with van der Waals surface area (Å²) in [5, 5.41) is 9.04. The van der Waals surface area contributed by atoms with Gasteiger partial charge in [0.2, 0.25) is 11.7 Å². The molecular weight excluding hydrogens is 222 g/mol. The van der Waals surface area contributed by atoms with Crippen molar-refractivity contribution < 1.29 is 19.1 Å². The summed E-state index contributed by atoms with van der Waals surface area (Å²) in [6.45, 7) is 2.25. The number of nitrogens with zero attached hydrogens (tertiary/aromatic N) is 1. The summed E-state index contributed by atoms with van der Waals surface area (Å²) in [6.07, 6.45) is 4.28. The Bertz CT molecular complexity index is 418. The van der Waals surface area contributed by atoms with Gasteiger partial charge in [0.05, 0.1) is 6.61 Å². The second-order valence-electron chi connectivity index (χ2n) is 4.80. The van der Waals surface area contributed by atoms with Gasteiger partial charge in [0.25, 0.3) is 0 Å². The number of aromatic nitrogens is 1. The Hall–Kier alpha value is -1.36. The van der Waals surface area contributed by atoms with Crippen LogP contribution in [0, 0.1) is 0 Å². The molecule has 1 aliphatic rings. The number of carboxylic acid groups (broad SMARTS) is 1. The lowest BCUT2D eigenvalue weighted by atomic mass is 9.89. The van der Waals surface area contributed by atoms with Crippen molar-refractivity contribution in [3.8, 4) is 0 Å². The minimum absolute atomic E-state index is 0.0880. The van der Waals surface area contributed by atoms with Crippen LogP contribution in [0.1, 0.15) is 54.7 Å². The molecule has 1 N–H and O–H groups in total. The monoisotopic (exact) mass is 239 g/mol. The summed E-state index contributed by atoms with van der Waals surface area (Å²) in [5.74, 6) is -0.633. The van der Waals surface area contributed by atoms with Crippen LogP contribution in [0.5, 0.6) is 0 Å². The Morgan fingerprint density at radius 1 is 1.53 bits per heavy atom. The first-order valence-corrected chi connectivity index (χ1v) is 5.79. The first-order chi connectivity index (χ1) is 8.07. The predicted molar refractivity (Wildman–Crippen MR) is 60.0 cm³/mol. The second-order valence-corrected chi connectivity index (χ2v) is 4.80. The molecular formula is C12H17NO4. The molecule has 5 heteroatoms. The van der Waals surface area contributed by atoms with E-state index in [4.69, 9.17) is 14.3 Å². The zero-order valence-electron chi connectivity index (χ0n) is 10.2. The zero-order chi connectivity index (χ0) is 12.5. The lowest BCUT2D eigenvalue weighted by Crippen LogP contribution is -2.17. The van der Waals surface area contributed by atoms with Crippen molar-refractivity contribution in [3.05, 3.63) is 17.3 Å². The van der Waals surface area contributed by atoms with Gasteiger partial charge >= 0.3 is 5.97 Å². The summed E-state index contributed by atoms with van der Waals surface area (Å²) in [7, 11) is 1.51. The van der Waals surface area contributed by atoms with Crippen molar-refractivity contribution in [2.45, 2.75) is 44.6 Å². The molecule has 1 saturated carbocycles. The van der Waals surface area contributed by atoms with E-state index in [-0.39, 0.29) is 17.8 Å². The summed E-state index contributed by atoms with van der Waals surface area (Å²) in [6, 6.07) is 0. The smallest absolute Gasteiger partial charge is 0.373 e. The number of oxazole rings is 1. The highest BCUT2D eigenvalue weighted by Gasteiger charge is 2.37. The van der Waals surface area contributed by atoms with Gasteiger partial charge in [-0.3, -0.25) is 0 Å². The second kappa shape index (κ2) is 4.49. The molecule has 0 unspecified atom stereocenters. The first kappa shape index (κ1) is 12.1. The average Bonchev–Trinajstić information content (AvgIpc) is 2.86. The lowest BCUT2D eigenvalue weighted by Gasteiger charge is -2.18. The third-order valence-electron chi connectivity index (χ3n) is 3.40. The normalized spacial score (nSPS) is 18.5. The van der Waals surface area contributed by atoms with Crippen molar-refractivity contribution >= 4 is 5.97 Å². The standard InChI is InChI=1S/C12H17NO4/c1-12(5-3-4-6-12)11-13-8(7-16-2)9(17-11)10(14)15/h3-7H2,1-2H3,(H,14,15). The largest absolute Gasteiger partial charge is 0.475 e. The quantitative estimate of drug-likeness (QED) is 0.873. The van der Waals surface area contributed by atoms with Crippen LogP contribution in [0.2, 0.25) is 0 Å². The van der Waals surface area contributed by atoms with Crippen LogP contribution in [-0.2, 0) is 16.8 Å². The molecule has 0 aliphatic heterocycles. The van der Waals surface area contributed by atoms with Crippen LogP contribution in [0.3, 0.4) is 0 Å². The molecule has 2 rings (SSSR count). The zero-order valence-corrected chi connectivity index (χ0v) is 10.2. The van der Waals surface area contributed by atoms with E-state index in [1.807, 2.05) is 0 Å². The SMILES string of the molecule is COCc1nc(C2(C)CCCC2)oc1C(=O)O. The summed E-state index contributed by atoms with van der Waals surface area (Å²) < 4.78 is 10.4. The molecule has 0 aromatic carbocycles. The molecule has 1 aromatic heterocycles. The maximum atomic E-state index is 11.0. The molecule has 1 fully saturated rings. The van der Waals surface area contributed by atoms with Gasteiger partial charge in [0.1, 0.15) is 5.69 Å². The molecule has 94 valence electrons. The van der Waals surface area contributed by atoms with Crippen LogP contribution in [-0.4, -0.2) is 23.2 Å². The van der Waals surface area contributed by atoms with Crippen molar-refractivity contribution in [1.82, 2.24) is 4.98 Å². The highest BCUT2D eigenvalue weighted by Crippen LogP contribution is 2.40. The van der Waals surface area contributed by atoms with E-state index in [0.717, 1.165) is 25.7 Å². The van der Waals surface area contributed by atoms with Gasteiger partial charge in [-0.05, 0) is 12.8 Å². The van der Waals surface area contributed by atoms with E-state index in [1.165, 1.54) is 7.11 Å². The Balaban J connectivity index is 2.36. The Labute approximate surface area is 99.8 Å². The van der Waals surface area contributed by atoms with E-state index >= 15 is 0 Å². The maximum absolute atomic E-state index is 11.0. The minimum Gasteiger partial charge on any atom is -0.475 e. The molecule has 0 saturated heterocycles. The topological polar surface area (TPSA) is 72.6 Å². The third-order valence-corrected chi connectivity index (χ3v) is 3.40. The van der Waals surface area contributed by atoms with Crippen LogP contribution < -0.4 is 0 Å². The van der Waals surface area contributed by atoms with Gasteiger partial charge in [0.15, 0.2) is 0 Å². The van der Waals surface area contributed by atoms with Gasteiger partial charge in [-0.1, -0.05) is 19.8 Å². The number of hydrogen-bond acceptors (Lipinski definition) is 4. The van der Waals surface area contributed by atoms with Crippen molar-refractivity contribution in [3.63, 3.8) is 0 Å². The number of carboxylic acids is 1. The average molecular weight is 239 g/mol. The predicted octanol–water partition coefficient (Wildman–Crippen LogP) is 2.35. The highest BCUT2D eigenvalue weighted by atomic mass is 16.5. The van der Waals surface area contributed by atoms with E-state index in [2.05, 4.69) is 11.9 Å². The number of ether oxygens (including phenoxy) is 1. The number of methoxy groups -OCH3 is 1.